The quantitative estimate of drug-likeness (QED) is 0.167. The molecule has 11 aromatic carbocycles. The maximum absolute atomic E-state index is 5.77. The number of nitrogens with zero attached hydrogens (tertiary/aromatic N) is 5. The summed E-state index contributed by atoms with van der Waals surface area (Å²) < 4.78 is 7.27. The van der Waals surface area contributed by atoms with Crippen molar-refractivity contribution in [2.45, 2.75) is 0 Å². The fourth-order valence-electron chi connectivity index (χ4n) is 12.1. The van der Waals surface area contributed by atoms with Gasteiger partial charge in [-0.05, 0) is 74.8 Å². The molecule has 0 amide bonds. The number of para-hydroxylation sites is 2. The average Bonchev–Trinajstić information content (AvgIpc) is 4.25. The van der Waals surface area contributed by atoms with Crippen molar-refractivity contribution >= 4 is 75.1 Å². The average molecular weight is 972 g/mol. The molecule has 4 aromatic heterocycles. The van der Waals surface area contributed by atoms with Crippen LogP contribution in [0.3, 0.4) is 0 Å². The highest BCUT2D eigenvalue weighted by atomic mass is 32.1. The molecule has 0 bridgehead atoms. The van der Waals surface area contributed by atoms with Crippen molar-refractivity contribution in [3.63, 3.8) is 0 Å². The van der Waals surface area contributed by atoms with Crippen LogP contribution in [-0.2, 0) is 0 Å². The number of hydrogen-bond acceptors (Lipinski definition) is 4. The highest BCUT2D eigenvalue weighted by Crippen LogP contribution is 2.50. The van der Waals surface area contributed by atoms with Gasteiger partial charge < -0.3 is 4.57 Å². The van der Waals surface area contributed by atoms with Gasteiger partial charge in [-0.25, -0.2) is 4.98 Å². The van der Waals surface area contributed by atoms with Crippen LogP contribution in [0, 0.1) is 0 Å². The minimum absolute atomic E-state index is 0.543. The van der Waals surface area contributed by atoms with Crippen LogP contribution in [0.4, 0.5) is 0 Å². The molecule has 16 rings (SSSR count). The third kappa shape index (κ3) is 6.33. The Hall–Kier alpha value is -9.75. The van der Waals surface area contributed by atoms with Crippen LogP contribution in [-0.4, -0.2) is 24.1 Å². The first-order valence-corrected chi connectivity index (χ1v) is 26.2. The number of thiophene rings is 1. The fourth-order valence-corrected chi connectivity index (χ4v) is 13.2. The molecule has 0 fully saturated rings. The van der Waals surface area contributed by atoms with Crippen LogP contribution < -0.4 is 0 Å². The van der Waals surface area contributed by atoms with Gasteiger partial charge in [-0.1, -0.05) is 218 Å². The molecule has 5 nitrogen and oxygen atoms in total. The molecule has 15 aromatic rings. The van der Waals surface area contributed by atoms with Crippen molar-refractivity contribution in [2.75, 3.05) is 0 Å². The second-order valence-corrected chi connectivity index (χ2v) is 20.5. The minimum atomic E-state index is 0.543. The molecule has 0 saturated heterocycles. The highest BCUT2D eigenvalue weighted by Gasteiger charge is 2.29. The van der Waals surface area contributed by atoms with E-state index in [2.05, 4.69) is 258 Å². The minimum Gasteiger partial charge on any atom is -0.306 e. The summed E-state index contributed by atoms with van der Waals surface area (Å²) in [5.41, 5.74) is 18.9. The van der Waals surface area contributed by atoms with Crippen molar-refractivity contribution in [2.24, 2.45) is 0 Å². The zero-order chi connectivity index (χ0) is 49.1. The summed E-state index contributed by atoms with van der Waals surface area (Å²) in [5.74, 6) is 1.74. The van der Waals surface area contributed by atoms with Gasteiger partial charge in [0.1, 0.15) is 0 Å². The van der Waals surface area contributed by atoms with Gasteiger partial charge in [-0.3, -0.25) is 4.57 Å². The zero-order valence-electron chi connectivity index (χ0n) is 40.3. The summed E-state index contributed by atoms with van der Waals surface area (Å²) in [5, 5.41) is 6.92. The number of rotatable bonds is 6. The van der Waals surface area contributed by atoms with E-state index >= 15 is 0 Å². The summed E-state index contributed by atoms with van der Waals surface area (Å²) in [6, 6.07) is 89.8. The van der Waals surface area contributed by atoms with Gasteiger partial charge in [-0.15, -0.1) is 11.3 Å². The summed E-state index contributed by atoms with van der Waals surface area (Å²) in [4.78, 5) is 17.0. The molecule has 6 heteroatoms. The van der Waals surface area contributed by atoms with Crippen molar-refractivity contribution in [1.29, 1.82) is 0 Å². The molecule has 75 heavy (non-hydrogen) atoms. The lowest BCUT2D eigenvalue weighted by Gasteiger charge is -2.15. The monoisotopic (exact) mass is 971 g/mol. The molecule has 0 atom stereocenters. The molecule has 0 aliphatic carbocycles. The SMILES string of the molecule is c1ccc(-c2cccc(-c3nc(-c4cccc5sc6cccc(-c7ccccc7)c6c45)nc(-n4c5cc(-c6ccccc6)ccc5c5ccc6c7cccc8c7n(c6c54)-c4ccccc4-c4ccccc4-8)n3)c2)cc1. The standard InChI is InChI=1S/C69H41N5S/c1-4-18-42(19-5-1)45-24-14-25-47(40-45)67-70-68(57-32-17-35-61-63(57)62-48(29-16-34-60(62)75-61)44-22-8-3-9-23-44)72-69(71-67)74-59-41-46(43-20-6-2-7-21-43)36-37-52(59)55-38-39-56-54-31-15-30-53-50-27-11-10-26-49(50)51-28-12-13-33-58(51)73(64(53)54)65(56)66(55)74/h1-41H. The zero-order valence-corrected chi connectivity index (χ0v) is 41.1. The molecule has 5 heterocycles. The van der Waals surface area contributed by atoms with Gasteiger partial charge in [0.15, 0.2) is 11.6 Å². The van der Waals surface area contributed by atoms with Gasteiger partial charge in [0.05, 0.1) is 27.8 Å². The summed E-state index contributed by atoms with van der Waals surface area (Å²) >= 11 is 1.81. The third-order valence-corrected chi connectivity index (χ3v) is 16.5. The predicted octanol–water partition coefficient (Wildman–Crippen LogP) is 18.4. The second-order valence-electron chi connectivity index (χ2n) is 19.4. The van der Waals surface area contributed by atoms with E-state index in [-0.39, 0.29) is 0 Å². The lowest BCUT2D eigenvalue weighted by Crippen LogP contribution is -2.07. The highest BCUT2D eigenvalue weighted by molar-refractivity contribution is 7.26. The van der Waals surface area contributed by atoms with E-state index in [0.29, 0.717) is 17.6 Å². The van der Waals surface area contributed by atoms with Crippen molar-refractivity contribution in [1.82, 2.24) is 24.1 Å². The van der Waals surface area contributed by atoms with Gasteiger partial charge in [-0.2, -0.15) is 9.97 Å². The Morgan fingerprint density at radius 3 is 1.52 bits per heavy atom. The Morgan fingerprint density at radius 1 is 0.280 bits per heavy atom. The summed E-state index contributed by atoms with van der Waals surface area (Å²) in [6.07, 6.45) is 0. The third-order valence-electron chi connectivity index (χ3n) is 15.3. The second kappa shape index (κ2) is 16.4. The first kappa shape index (κ1) is 41.8. The Balaban J connectivity index is 1.07. The summed E-state index contributed by atoms with van der Waals surface area (Å²) in [7, 11) is 0. The van der Waals surface area contributed by atoms with E-state index in [1.54, 1.807) is 0 Å². The van der Waals surface area contributed by atoms with Crippen LogP contribution >= 0.6 is 11.3 Å². The normalized spacial score (nSPS) is 12.0. The predicted molar refractivity (Wildman–Crippen MR) is 313 cm³/mol. The lowest BCUT2D eigenvalue weighted by molar-refractivity contribution is 0.954. The van der Waals surface area contributed by atoms with Crippen LogP contribution in [0.25, 0.3) is 154 Å². The number of benzene rings is 11. The smallest absolute Gasteiger partial charge is 0.238 e. The molecule has 1 aliphatic rings. The van der Waals surface area contributed by atoms with E-state index in [4.69, 9.17) is 15.0 Å². The Kier molecular flexibility index (Phi) is 9.14. The largest absolute Gasteiger partial charge is 0.306 e. The molecular weight excluding hydrogens is 931 g/mol. The van der Waals surface area contributed by atoms with Crippen molar-refractivity contribution < 1.29 is 0 Å². The number of aromatic nitrogens is 5. The maximum atomic E-state index is 5.77. The van der Waals surface area contributed by atoms with Crippen LogP contribution in [0.15, 0.2) is 249 Å². The van der Waals surface area contributed by atoms with Crippen molar-refractivity contribution in [3.8, 4) is 90.0 Å². The van der Waals surface area contributed by atoms with Crippen LogP contribution in [0.2, 0.25) is 0 Å². The number of hydrogen-bond donors (Lipinski definition) is 0. The molecule has 0 N–H and O–H groups in total. The Morgan fingerprint density at radius 2 is 0.773 bits per heavy atom. The van der Waals surface area contributed by atoms with Gasteiger partial charge in [0.25, 0.3) is 0 Å². The van der Waals surface area contributed by atoms with E-state index in [0.717, 1.165) is 77.2 Å². The molecule has 348 valence electrons. The van der Waals surface area contributed by atoms with Gasteiger partial charge in [0, 0.05) is 64.0 Å². The van der Waals surface area contributed by atoms with E-state index in [9.17, 15) is 0 Å². The Labute approximate surface area is 435 Å². The number of fused-ring (bicyclic) bond motifs is 15. The van der Waals surface area contributed by atoms with Crippen LogP contribution in [0.1, 0.15) is 0 Å². The molecule has 0 saturated carbocycles. The maximum Gasteiger partial charge on any atom is 0.238 e. The van der Waals surface area contributed by atoms with Gasteiger partial charge >= 0.3 is 0 Å². The lowest BCUT2D eigenvalue weighted by atomic mass is 9.94. The Bertz CT molecular complexity index is 4820. The van der Waals surface area contributed by atoms with E-state index in [1.807, 2.05) is 11.3 Å². The van der Waals surface area contributed by atoms with E-state index < -0.39 is 0 Å². The first-order chi connectivity index (χ1) is 37.2. The molecule has 0 spiro atoms. The van der Waals surface area contributed by atoms with E-state index in [1.165, 1.54) is 59.1 Å². The first-order valence-electron chi connectivity index (χ1n) is 25.4. The molecule has 0 radical (unpaired) electrons. The van der Waals surface area contributed by atoms with Crippen molar-refractivity contribution in [3.05, 3.63) is 249 Å². The molecule has 0 unspecified atom stereocenters. The van der Waals surface area contributed by atoms with Gasteiger partial charge in [0.2, 0.25) is 5.95 Å². The summed E-state index contributed by atoms with van der Waals surface area (Å²) in [6.45, 7) is 0. The van der Waals surface area contributed by atoms with Crippen LogP contribution in [0.5, 0.6) is 0 Å². The molecular formula is C69H41N5S. The molecule has 1 aliphatic heterocycles. The fraction of sp³-hybridized carbons (Fsp3) is 0. The topological polar surface area (TPSA) is 48.5 Å².